The fraction of sp³-hybridized carbons (Fsp3) is 0.391. The average Bonchev–Trinajstić information content (AvgIpc) is 3.33. The van der Waals surface area contributed by atoms with E-state index in [-0.39, 0.29) is 18.4 Å². The molecule has 2 aliphatic rings. The van der Waals surface area contributed by atoms with Crippen molar-refractivity contribution in [2.24, 2.45) is 0 Å². The second kappa shape index (κ2) is 10.0. The first-order valence-corrected chi connectivity index (χ1v) is 10.9. The number of morpholine rings is 1. The largest absolute Gasteiger partial charge is 0.484 e. The van der Waals surface area contributed by atoms with Crippen molar-refractivity contribution in [3.63, 3.8) is 0 Å². The van der Waals surface area contributed by atoms with Crippen molar-refractivity contribution in [2.45, 2.75) is 12.8 Å². The van der Waals surface area contributed by atoms with Gasteiger partial charge in [0.2, 0.25) is 0 Å². The number of nitrogens with one attached hydrogen (secondary N) is 1. The van der Waals surface area contributed by atoms with Crippen LogP contribution in [0, 0.1) is 0 Å². The zero-order chi connectivity index (χ0) is 21.6. The Hall–Kier alpha value is -2.77. The lowest BCUT2D eigenvalue weighted by atomic mass is 10.1. The van der Waals surface area contributed by atoms with Crippen molar-refractivity contribution in [2.75, 3.05) is 56.2 Å². The third-order valence-electron chi connectivity index (χ3n) is 5.49. The van der Waals surface area contributed by atoms with Crippen LogP contribution in [0.4, 0.5) is 11.4 Å². The van der Waals surface area contributed by atoms with Crippen LogP contribution < -0.4 is 15.0 Å². The summed E-state index contributed by atoms with van der Waals surface area (Å²) in [5.41, 5.74) is 2.12. The molecular weight excluding hydrogens is 418 g/mol. The molecule has 0 spiro atoms. The minimum Gasteiger partial charge on any atom is -0.484 e. The Labute approximate surface area is 186 Å². The fourth-order valence-electron chi connectivity index (χ4n) is 3.75. The smallest absolute Gasteiger partial charge is 0.260 e. The van der Waals surface area contributed by atoms with Gasteiger partial charge in [-0.25, -0.2) is 0 Å². The molecule has 2 amide bonds. The number of hydrogen-bond acceptors (Lipinski definition) is 5. The van der Waals surface area contributed by atoms with Gasteiger partial charge in [0.15, 0.2) is 6.61 Å². The molecule has 0 bridgehead atoms. The van der Waals surface area contributed by atoms with E-state index < -0.39 is 0 Å². The number of amides is 2. The number of ether oxygens (including phenoxy) is 2. The third kappa shape index (κ3) is 5.48. The molecule has 8 heteroatoms. The SMILES string of the molecule is O=C(Nc1ccc(OCC(=O)N2CCOCC2)cc1)c1ccc(N2CCCC2)c(Cl)c1. The van der Waals surface area contributed by atoms with Crippen molar-refractivity contribution in [1.82, 2.24) is 4.90 Å². The topological polar surface area (TPSA) is 71.1 Å². The van der Waals surface area contributed by atoms with Crippen LogP contribution in [-0.4, -0.2) is 62.7 Å². The van der Waals surface area contributed by atoms with Crippen LogP contribution in [-0.2, 0) is 9.53 Å². The van der Waals surface area contributed by atoms with Gasteiger partial charge >= 0.3 is 0 Å². The molecule has 0 radical (unpaired) electrons. The number of benzene rings is 2. The Kier molecular flexibility index (Phi) is 6.94. The van der Waals surface area contributed by atoms with Crippen LogP contribution >= 0.6 is 11.6 Å². The van der Waals surface area contributed by atoms with E-state index in [0.29, 0.717) is 48.3 Å². The minimum absolute atomic E-state index is 0.0203. The van der Waals surface area contributed by atoms with Gasteiger partial charge in [-0.3, -0.25) is 9.59 Å². The highest BCUT2D eigenvalue weighted by Crippen LogP contribution is 2.30. The van der Waals surface area contributed by atoms with E-state index in [9.17, 15) is 9.59 Å². The Morgan fingerprint density at radius 3 is 2.39 bits per heavy atom. The van der Waals surface area contributed by atoms with E-state index in [1.807, 2.05) is 6.07 Å². The van der Waals surface area contributed by atoms with Gasteiger partial charge in [-0.2, -0.15) is 0 Å². The number of carbonyl (C=O) groups is 2. The summed E-state index contributed by atoms with van der Waals surface area (Å²) in [5, 5.41) is 3.45. The summed E-state index contributed by atoms with van der Waals surface area (Å²) in [6.45, 7) is 4.29. The first-order valence-electron chi connectivity index (χ1n) is 10.5. The summed E-state index contributed by atoms with van der Waals surface area (Å²) in [6, 6.07) is 12.4. The molecule has 2 aromatic carbocycles. The van der Waals surface area contributed by atoms with Gasteiger partial charge in [-0.1, -0.05) is 11.6 Å². The van der Waals surface area contributed by atoms with Crippen molar-refractivity contribution in [1.29, 1.82) is 0 Å². The monoisotopic (exact) mass is 443 g/mol. The lowest BCUT2D eigenvalue weighted by Crippen LogP contribution is -2.42. The highest BCUT2D eigenvalue weighted by Gasteiger charge is 2.18. The molecule has 2 fully saturated rings. The molecular formula is C23H26ClN3O4. The Morgan fingerprint density at radius 2 is 1.71 bits per heavy atom. The van der Waals surface area contributed by atoms with Crippen LogP contribution in [0.25, 0.3) is 0 Å². The van der Waals surface area contributed by atoms with Gasteiger partial charge in [-0.15, -0.1) is 0 Å². The van der Waals surface area contributed by atoms with E-state index >= 15 is 0 Å². The van der Waals surface area contributed by atoms with Crippen LogP contribution in [0.5, 0.6) is 5.75 Å². The number of halogens is 1. The van der Waals surface area contributed by atoms with Crippen molar-refractivity contribution in [3.05, 3.63) is 53.1 Å². The molecule has 2 saturated heterocycles. The van der Waals surface area contributed by atoms with Crippen LogP contribution in [0.1, 0.15) is 23.2 Å². The summed E-state index contributed by atoms with van der Waals surface area (Å²) in [6.07, 6.45) is 2.33. The van der Waals surface area contributed by atoms with Gasteiger partial charge in [0.05, 0.1) is 23.9 Å². The molecule has 7 nitrogen and oxygen atoms in total. The maximum atomic E-state index is 12.6. The molecule has 31 heavy (non-hydrogen) atoms. The summed E-state index contributed by atoms with van der Waals surface area (Å²) in [7, 11) is 0. The summed E-state index contributed by atoms with van der Waals surface area (Å²) >= 11 is 6.42. The summed E-state index contributed by atoms with van der Waals surface area (Å²) < 4.78 is 10.8. The van der Waals surface area contributed by atoms with Crippen molar-refractivity contribution >= 4 is 34.8 Å². The molecule has 164 valence electrons. The van der Waals surface area contributed by atoms with Gasteiger partial charge < -0.3 is 24.6 Å². The number of nitrogens with zero attached hydrogens (tertiary/aromatic N) is 2. The number of carbonyl (C=O) groups excluding carboxylic acids is 2. The van der Waals surface area contributed by atoms with Gasteiger partial charge in [-0.05, 0) is 55.3 Å². The van der Waals surface area contributed by atoms with Crippen molar-refractivity contribution < 1.29 is 19.1 Å². The molecule has 0 aliphatic carbocycles. The highest BCUT2D eigenvalue weighted by molar-refractivity contribution is 6.33. The lowest BCUT2D eigenvalue weighted by Gasteiger charge is -2.26. The molecule has 1 N–H and O–H groups in total. The third-order valence-corrected chi connectivity index (χ3v) is 5.80. The van der Waals surface area contributed by atoms with Gasteiger partial charge in [0.25, 0.3) is 11.8 Å². The van der Waals surface area contributed by atoms with Gasteiger partial charge in [0.1, 0.15) is 5.75 Å². The zero-order valence-corrected chi connectivity index (χ0v) is 18.1. The minimum atomic E-state index is -0.231. The van der Waals surface area contributed by atoms with E-state index in [2.05, 4.69) is 10.2 Å². The summed E-state index contributed by atoms with van der Waals surface area (Å²) in [5.74, 6) is 0.276. The first kappa shape index (κ1) is 21.5. The van der Waals surface area contributed by atoms with Crippen LogP contribution in [0.3, 0.4) is 0 Å². The molecule has 4 rings (SSSR count). The number of rotatable bonds is 6. The molecule has 2 aliphatic heterocycles. The maximum Gasteiger partial charge on any atom is 0.260 e. The quantitative estimate of drug-likeness (QED) is 0.740. The highest BCUT2D eigenvalue weighted by atomic mass is 35.5. The summed E-state index contributed by atoms with van der Waals surface area (Å²) in [4.78, 5) is 28.7. The molecule has 2 heterocycles. The lowest BCUT2D eigenvalue weighted by molar-refractivity contribution is -0.137. The normalized spacial score (nSPS) is 16.3. The van der Waals surface area contributed by atoms with Gasteiger partial charge in [0, 0.05) is 37.4 Å². The fourth-order valence-corrected chi connectivity index (χ4v) is 4.05. The second-order valence-electron chi connectivity index (χ2n) is 7.62. The Balaban J connectivity index is 1.30. The average molecular weight is 444 g/mol. The number of anilines is 2. The van der Waals surface area contributed by atoms with E-state index in [0.717, 1.165) is 18.8 Å². The molecule has 2 aromatic rings. The Morgan fingerprint density at radius 1 is 1.00 bits per heavy atom. The molecule has 0 unspecified atom stereocenters. The predicted octanol–water partition coefficient (Wildman–Crippen LogP) is 3.43. The van der Waals surface area contributed by atoms with E-state index in [1.165, 1.54) is 12.8 Å². The molecule has 0 saturated carbocycles. The standard InChI is InChI=1S/C23H26ClN3O4/c24-20-15-17(3-8-21(20)26-9-1-2-10-26)23(29)25-18-4-6-19(7-5-18)31-16-22(28)27-11-13-30-14-12-27/h3-8,15H,1-2,9-14,16H2,(H,25,29). The van der Waals surface area contributed by atoms with E-state index in [1.54, 1.807) is 41.3 Å². The van der Waals surface area contributed by atoms with Crippen LogP contribution in [0.2, 0.25) is 5.02 Å². The zero-order valence-electron chi connectivity index (χ0n) is 17.3. The van der Waals surface area contributed by atoms with E-state index in [4.69, 9.17) is 21.1 Å². The van der Waals surface area contributed by atoms with Crippen LogP contribution in [0.15, 0.2) is 42.5 Å². The molecule has 0 aromatic heterocycles. The second-order valence-corrected chi connectivity index (χ2v) is 8.03. The molecule has 0 atom stereocenters. The Bertz CT molecular complexity index is 923. The predicted molar refractivity (Wildman–Crippen MR) is 120 cm³/mol. The number of hydrogen-bond donors (Lipinski definition) is 1. The maximum absolute atomic E-state index is 12.6. The first-order chi connectivity index (χ1) is 15.1. The van der Waals surface area contributed by atoms with Crippen molar-refractivity contribution in [3.8, 4) is 5.75 Å².